The third kappa shape index (κ3) is 5.98. The summed E-state index contributed by atoms with van der Waals surface area (Å²) in [6, 6.07) is 10.7. The summed E-state index contributed by atoms with van der Waals surface area (Å²) in [5.74, 6) is -1.01. The molecule has 154 valence electrons. The number of benzene rings is 1. The van der Waals surface area contributed by atoms with Crippen molar-refractivity contribution in [2.75, 3.05) is 44.2 Å². The quantitative estimate of drug-likeness (QED) is 0.654. The van der Waals surface area contributed by atoms with Crippen LogP contribution in [0.2, 0.25) is 5.02 Å². The van der Waals surface area contributed by atoms with Crippen LogP contribution in [0.5, 0.6) is 0 Å². The number of carbonyl (C=O) groups excluding carboxylic acids is 3. The molecule has 0 atom stereocenters. The van der Waals surface area contributed by atoms with Gasteiger partial charge in [0.05, 0.1) is 13.1 Å². The Morgan fingerprint density at radius 3 is 2.28 bits per heavy atom. The third-order valence-corrected chi connectivity index (χ3v) is 5.15. The van der Waals surface area contributed by atoms with Crippen LogP contribution in [0.3, 0.4) is 0 Å². The zero-order valence-corrected chi connectivity index (χ0v) is 17.8. The maximum absolute atomic E-state index is 12.3. The van der Waals surface area contributed by atoms with Gasteiger partial charge in [-0.2, -0.15) is 0 Å². The second-order valence-electron chi connectivity index (χ2n) is 6.41. The highest BCUT2D eigenvalue weighted by Crippen LogP contribution is 2.19. The Kier molecular flexibility index (Phi) is 7.16. The first-order chi connectivity index (χ1) is 13.9. The number of furan rings is 1. The minimum Gasteiger partial charge on any atom is -0.444 e. The Bertz CT molecular complexity index is 879. The molecular weight excluding hydrogens is 464 g/mol. The van der Waals surface area contributed by atoms with Crippen LogP contribution in [0.15, 0.2) is 45.5 Å². The summed E-state index contributed by atoms with van der Waals surface area (Å²) in [7, 11) is 0. The molecule has 3 rings (SSSR count). The molecule has 1 aliphatic heterocycles. The lowest BCUT2D eigenvalue weighted by molar-refractivity contribution is -0.132. The van der Waals surface area contributed by atoms with Gasteiger partial charge in [0.25, 0.3) is 5.91 Å². The Balaban J connectivity index is 1.36. The average Bonchev–Trinajstić information content (AvgIpc) is 3.17. The number of nitrogens with one attached hydrogen (secondary N) is 2. The van der Waals surface area contributed by atoms with E-state index in [9.17, 15) is 14.4 Å². The van der Waals surface area contributed by atoms with Crippen molar-refractivity contribution in [1.82, 2.24) is 15.5 Å². The van der Waals surface area contributed by atoms with Gasteiger partial charge >= 0.3 is 0 Å². The van der Waals surface area contributed by atoms with Gasteiger partial charge in [-0.15, -0.1) is 0 Å². The minimum absolute atomic E-state index is 0.0966. The van der Waals surface area contributed by atoms with Crippen LogP contribution in [-0.4, -0.2) is 61.9 Å². The van der Waals surface area contributed by atoms with Crippen molar-refractivity contribution < 1.29 is 18.8 Å². The SMILES string of the molecule is O=C(CNC(=O)c1ccc(Br)o1)NCC(=O)N1CCN(c2ccc(Cl)cc2)CC1. The second kappa shape index (κ2) is 9.80. The zero-order chi connectivity index (χ0) is 20.8. The summed E-state index contributed by atoms with van der Waals surface area (Å²) in [5.41, 5.74) is 1.06. The molecule has 10 heteroatoms. The summed E-state index contributed by atoms with van der Waals surface area (Å²) in [6.45, 7) is 2.20. The first-order valence-corrected chi connectivity index (χ1v) is 10.2. The lowest BCUT2D eigenvalue weighted by atomic mass is 10.2. The first-order valence-electron chi connectivity index (χ1n) is 9.01. The Labute approximate surface area is 181 Å². The largest absolute Gasteiger partial charge is 0.444 e. The number of nitrogens with zero attached hydrogens (tertiary/aromatic N) is 2. The van der Waals surface area contributed by atoms with E-state index in [4.69, 9.17) is 16.0 Å². The number of hydrogen-bond donors (Lipinski definition) is 2. The van der Waals surface area contributed by atoms with Gasteiger partial charge < -0.3 is 24.9 Å². The van der Waals surface area contributed by atoms with E-state index in [-0.39, 0.29) is 24.8 Å². The van der Waals surface area contributed by atoms with E-state index in [0.29, 0.717) is 35.9 Å². The van der Waals surface area contributed by atoms with E-state index >= 15 is 0 Å². The standard InChI is InChI=1S/C19H20BrClN4O4/c20-16-6-5-15(29-16)19(28)23-11-17(26)22-12-18(27)25-9-7-24(8-10-25)14-3-1-13(21)2-4-14/h1-6H,7-12H2,(H,22,26)(H,23,28). The molecule has 1 aliphatic rings. The maximum Gasteiger partial charge on any atom is 0.287 e. The molecule has 0 spiro atoms. The normalized spacial score (nSPS) is 13.9. The van der Waals surface area contributed by atoms with Crippen LogP contribution in [0.4, 0.5) is 5.69 Å². The monoisotopic (exact) mass is 482 g/mol. The molecule has 0 radical (unpaired) electrons. The van der Waals surface area contributed by atoms with Crippen LogP contribution < -0.4 is 15.5 Å². The molecule has 2 aromatic rings. The topological polar surface area (TPSA) is 94.9 Å². The molecule has 2 heterocycles. The van der Waals surface area contributed by atoms with Crippen molar-refractivity contribution in [3.05, 3.63) is 51.9 Å². The molecule has 0 saturated carbocycles. The lowest BCUT2D eigenvalue weighted by Gasteiger charge is -2.36. The van der Waals surface area contributed by atoms with Gasteiger partial charge in [-0.05, 0) is 52.3 Å². The fourth-order valence-corrected chi connectivity index (χ4v) is 3.33. The van der Waals surface area contributed by atoms with Crippen molar-refractivity contribution >= 4 is 50.9 Å². The molecule has 1 aromatic heterocycles. The van der Waals surface area contributed by atoms with Crippen LogP contribution >= 0.6 is 27.5 Å². The van der Waals surface area contributed by atoms with Crippen LogP contribution in [-0.2, 0) is 9.59 Å². The molecule has 1 aromatic carbocycles. The van der Waals surface area contributed by atoms with Gasteiger partial charge in [0.15, 0.2) is 10.4 Å². The summed E-state index contributed by atoms with van der Waals surface area (Å²) < 4.78 is 5.53. The number of anilines is 1. The first kappa shape index (κ1) is 21.2. The molecule has 1 fully saturated rings. The zero-order valence-electron chi connectivity index (χ0n) is 15.5. The fourth-order valence-electron chi connectivity index (χ4n) is 2.90. The number of amides is 3. The van der Waals surface area contributed by atoms with Crippen molar-refractivity contribution in [3.63, 3.8) is 0 Å². The molecule has 0 aliphatic carbocycles. The second-order valence-corrected chi connectivity index (χ2v) is 7.63. The maximum atomic E-state index is 12.3. The van der Waals surface area contributed by atoms with Crippen molar-refractivity contribution in [3.8, 4) is 0 Å². The number of halogens is 2. The third-order valence-electron chi connectivity index (χ3n) is 4.47. The van der Waals surface area contributed by atoms with Gasteiger partial charge in [0, 0.05) is 36.9 Å². The highest BCUT2D eigenvalue weighted by Gasteiger charge is 2.21. The van der Waals surface area contributed by atoms with E-state index in [0.717, 1.165) is 5.69 Å². The molecule has 0 bridgehead atoms. The summed E-state index contributed by atoms with van der Waals surface area (Å²) in [5, 5.41) is 5.65. The number of hydrogen-bond acceptors (Lipinski definition) is 5. The van der Waals surface area contributed by atoms with E-state index < -0.39 is 11.8 Å². The fraction of sp³-hybridized carbons (Fsp3) is 0.316. The van der Waals surface area contributed by atoms with E-state index in [1.807, 2.05) is 24.3 Å². The summed E-state index contributed by atoms with van der Waals surface area (Å²) in [4.78, 5) is 39.9. The predicted molar refractivity (Wildman–Crippen MR) is 112 cm³/mol. The van der Waals surface area contributed by atoms with Crippen molar-refractivity contribution in [1.29, 1.82) is 0 Å². The number of rotatable bonds is 6. The molecule has 8 nitrogen and oxygen atoms in total. The van der Waals surface area contributed by atoms with Crippen molar-refractivity contribution in [2.24, 2.45) is 0 Å². The number of piperazine rings is 1. The van der Waals surface area contributed by atoms with Crippen molar-refractivity contribution in [2.45, 2.75) is 0 Å². The molecule has 29 heavy (non-hydrogen) atoms. The predicted octanol–water partition coefficient (Wildman–Crippen LogP) is 1.89. The number of carbonyl (C=O) groups is 3. The minimum atomic E-state index is -0.504. The Morgan fingerprint density at radius 2 is 1.66 bits per heavy atom. The Hall–Kier alpha value is -2.52. The molecule has 0 unspecified atom stereocenters. The van der Waals surface area contributed by atoms with E-state index in [2.05, 4.69) is 31.5 Å². The summed E-state index contributed by atoms with van der Waals surface area (Å²) >= 11 is 9.01. The van der Waals surface area contributed by atoms with Crippen LogP contribution in [0, 0.1) is 0 Å². The van der Waals surface area contributed by atoms with Gasteiger partial charge in [0.2, 0.25) is 11.8 Å². The molecule has 1 saturated heterocycles. The van der Waals surface area contributed by atoms with E-state index in [1.165, 1.54) is 6.07 Å². The smallest absolute Gasteiger partial charge is 0.287 e. The van der Waals surface area contributed by atoms with E-state index in [1.54, 1.807) is 11.0 Å². The van der Waals surface area contributed by atoms with Gasteiger partial charge in [-0.25, -0.2) is 0 Å². The molecular formula is C19H20BrClN4O4. The van der Waals surface area contributed by atoms with Gasteiger partial charge in [-0.3, -0.25) is 14.4 Å². The highest BCUT2D eigenvalue weighted by atomic mass is 79.9. The lowest BCUT2D eigenvalue weighted by Crippen LogP contribution is -2.51. The van der Waals surface area contributed by atoms with Gasteiger partial charge in [0.1, 0.15) is 0 Å². The van der Waals surface area contributed by atoms with Crippen LogP contribution in [0.1, 0.15) is 10.6 Å². The Morgan fingerprint density at radius 1 is 0.966 bits per heavy atom. The van der Waals surface area contributed by atoms with Crippen LogP contribution in [0.25, 0.3) is 0 Å². The molecule has 2 N–H and O–H groups in total. The molecule has 3 amide bonds. The highest BCUT2D eigenvalue weighted by molar-refractivity contribution is 9.10. The van der Waals surface area contributed by atoms with Gasteiger partial charge in [-0.1, -0.05) is 11.6 Å². The summed E-state index contributed by atoms with van der Waals surface area (Å²) in [6.07, 6.45) is 0. The average molecular weight is 484 g/mol.